The fourth-order valence-electron chi connectivity index (χ4n) is 3.72. The molecule has 1 unspecified atom stereocenters. The van der Waals surface area contributed by atoms with Crippen LogP contribution in [0, 0.1) is 0 Å². The fraction of sp³-hybridized carbons (Fsp3) is 0.333. The van der Waals surface area contributed by atoms with Gasteiger partial charge in [-0.05, 0) is 29.8 Å². The van der Waals surface area contributed by atoms with Crippen LogP contribution in [-0.4, -0.2) is 51.3 Å². The minimum absolute atomic E-state index is 0.353. The zero-order valence-corrected chi connectivity index (χ0v) is 18.8. The number of ether oxygens (including phenoxy) is 3. The normalized spacial score (nSPS) is 15.8. The molecule has 2 amide bonds. The van der Waals surface area contributed by atoms with Crippen LogP contribution in [0.25, 0.3) is 0 Å². The second kappa shape index (κ2) is 10.7. The Bertz CT molecular complexity index is 990. The van der Waals surface area contributed by atoms with E-state index in [0.29, 0.717) is 41.4 Å². The molecule has 8 heteroatoms. The molecule has 3 rings (SSSR count). The predicted molar refractivity (Wildman–Crippen MR) is 120 cm³/mol. The first-order valence-electron chi connectivity index (χ1n) is 10.4. The van der Waals surface area contributed by atoms with E-state index >= 15 is 0 Å². The minimum atomic E-state index is -0.693. The second-order valence-electron chi connectivity index (χ2n) is 7.32. The molecule has 8 nitrogen and oxygen atoms in total. The molecule has 2 aromatic carbocycles. The maximum atomic E-state index is 12.8. The number of amides is 2. The van der Waals surface area contributed by atoms with Crippen molar-refractivity contribution in [3.8, 4) is 11.5 Å². The average Bonchev–Trinajstić information content (AvgIpc) is 2.82. The van der Waals surface area contributed by atoms with Crippen LogP contribution in [0.5, 0.6) is 11.5 Å². The van der Waals surface area contributed by atoms with Crippen molar-refractivity contribution in [1.82, 2.24) is 15.5 Å². The largest absolute Gasteiger partial charge is 0.493 e. The van der Waals surface area contributed by atoms with Crippen LogP contribution < -0.4 is 20.1 Å². The number of carbonyl (C=O) groups is 2. The number of nitrogens with zero attached hydrogens (tertiary/aromatic N) is 1. The molecule has 0 radical (unpaired) electrons. The summed E-state index contributed by atoms with van der Waals surface area (Å²) in [6, 6.07) is 14.2. The molecule has 1 aliphatic rings. The first-order chi connectivity index (χ1) is 15.5. The number of likely N-dealkylation sites (N-methyl/N-ethyl adjacent to an activating group) is 1. The van der Waals surface area contributed by atoms with Crippen LogP contribution in [0.4, 0.5) is 4.79 Å². The third-order valence-corrected chi connectivity index (χ3v) is 5.38. The van der Waals surface area contributed by atoms with E-state index in [0.717, 1.165) is 12.1 Å². The summed E-state index contributed by atoms with van der Waals surface area (Å²) in [5.74, 6) is 0.547. The summed E-state index contributed by atoms with van der Waals surface area (Å²) in [6.45, 7) is 3.83. The second-order valence-corrected chi connectivity index (χ2v) is 7.32. The molecule has 1 aliphatic heterocycles. The number of urea groups is 1. The van der Waals surface area contributed by atoms with Crippen LogP contribution in [0.15, 0.2) is 59.8 Å². The van der Waals surface area contributed by atoms with Gasteiger partial charge in [0, 0.05) is 18.8 Å². The quantitative estimate of drug-likeness (QED) is 0.584. The summed E-state index contributed by atoms with van der Waals surface area (Å²) in [5, 5.41) is 5.65. The number of nitrogens with one attached hydrogen (secondary N) is 2. The van der Waals surface area contributed by atoms with Crippen LogP contribution in [0.1, 0.15) is 24.1 Å². The van der Waals surface area contributed by atoms with Crippen molar-refractivity contribution in [2.24, 2.45) is 0 Å². The standard InChI is InChI=1S/C24H29N3O5/c1-5-27(14-16-9-7-6-8-10-16)15-18-21(23(28)32-4)22(26-24(29)25-18)17-11-12-19(30-2)20(13-17)31-3/h6-13,22H,5,14-15H2,1-4H3,(H2,25,26,29). The molecule has 0 spiro atoms. The minimum Gasteiger partial charge on any atom is -0.493 e. The molecular weight excluding hydrogens is 410 g/mol. The fourth-order valence-corrected chi connectivity index (χ4v) is 3.72. The van der Waals surface area contributed by atoms with Gasteiger partial charge < -0.3 is 24.8 Å². The van der Waals surface area contributed by atoms with Gasteiger partial charge in [-0.2, -0.15) is 0 Å². The Morgan fingerprint density at radius 2 is 1.72 bits per heavy atom. The van der Waals surface area contributed by atoms with E-state index in [4.69, 9.17) is 14.2 Å². The Labute approximate surface area is 188 Å². The summed E-state index contributed by atoms with van der Waals surface area (Å²) in [6.07, 6.45) is 0. The first kappa shape index (κ1) is 23.1. The van der Waals surface area contributed by atoms with Gasteiger partial charge in [0.05, 0.1) is 32.9 Å². The maximum absolute atomic E-state index is 12.8. The molecule has 0 saturated heterocycles. The Morgan fingerprint density at radius 1 is 1.00 bits per heavy atom. The van der Waals surface area contributed by atoms with E-state index in [-0.39, 0.29) is 6.03 Å². The van der Waals surface area contributed by atoms with E-state index in [1.165, 1.54) is 14.2 Å². The van der Waals surface area contributed by atoms with Crippen molar-refractivity contribution in [2.75, 3.05) is 34.4 Å². The van der Waals surface area contributed by atoms with Crippen LogP contribution >= 0.6 is 0 Å². The van der Waals surface area contributed by atoms with E-state index in [1.54, 1.807) is 25.3 Å². The number of esters is 1. The van der Waals surface area contributed by atoms with Crippen molar-refractivity contribution < 1.29 is 23.8 Å². The summed E-state index contributed by atoms with van der Waals surface area (Å²) in [4.78, 5) is 27.5. The lowest BCUT2D eigenvalue weighted by Crippen LogP contribution is -2.48. The number of rotatable bonds is 9. The topological polar surface area (TPSA) is 89.1 Å². The van der Waals surface area contributed by atoms with Crippen molar-refractivity contribution in [3.63, 3.8) is 0 Å². The third kappa shape index (κ3) is 5.20. The zero-order chi connectivity index (χ0) is 23.1. The highest BCUT2D eigenvalue weighted by molar-refractivity contribution is 5.95. The van der Waals surface area contributed by atoms with Gasteiger partial charge in [0.1, 0.15) is 0 Å². The number of hydrogen-bond donors (Lipinski definition) is 2. The Kier molecular flexibility index (Phi) is 7.72. The van der Waals surface area contributed by atoms with Gasteiger partial charge in [0.2, 0.25) is 0 Å². The highest BCUT2D eigenvalue weighted by atomic mass is 16.5. The molecule has 1 heterocycles. The molecule has 32 heavy (non-hydrogen) atoms. The molecule has 0 aliphatic carbocycles. The van der Waals surface area contributed by atoms with Gasteiger partial charge in [0.15, 0.2) is 11.5 Å². The highest BCUT2D eigenvalue weighted by Crippen LogP contribution is 2.34. The number of hydrogen-bond acceptors (Lipinski definition) is 6. The summed E-state index contributed by atoms with van der Waals surface area (Å²) < 4.78 is 15.8. The first-order valence-corrected chi connectivity index (χ1v) is 10.4. The van der Waals surface area contributed by atoms with Crippen LogP contribution in [0.3, 0.4) is 0 Å². The Hall–Kier alpha value is -3.52. The average molecular weight is 440 g/mol. The maximum Gasteiger partial charge on any atom is 0.338 e. The van der Waals surface area contributed by atoms with Gasteiger partial charge >= 0.3 is 12.0 Å². The van der Waals surface area contributed by atoms with E-state index in [9.17, 15) is 9.59 Å². The van der Waals surface area contributed by atoms with Crippen molar-refractivity contribution >= 4 is 12.0 Å². The zero-order valence-electron chi connectivity index (χ0n) is 18.8. The lowest BCUT2D eigenvalue weighted by Gasteiger charge is -2.32. The van der Waals surface area contributed by atoms with Crippen LogP contribution in [0.2, 0.25) is 0 Å². The Morgan fingerprint density at radius 3 is 2.34 bits per heavy atom. The van der Waals surface area contributed by atoms with E-state index in [1.807, 2.05) is 37.3 Å². The monoisotopic (exact) mass is 439 g/mol. The predicted octanol–water partition coefficient (Wildman–Crippen LogP) is 3.01. The van der Waals surface area contributed by atoms with E-state index in [2.05, 4.69) is 15.5 Å². The number of carbonyl (C=O) groups excluding carboxylic acids is 2. The highest BCUT2D eigenvalue weighted by Gasteiger charge is 2.34. The third-order valence-electron chi connectivity index (χ3n) is 5.38. The molecular formula is C24H29N3O5. The van der Waals surface area contributed by atoms with Gasteiger partial charge in [-0.1, -0.05) is 43.3 Å². The van der Waals surface area contributed by atoms with Gasteiger partial charge in [0.25, 0.3) is 0 Å². The van der Waals surface area contributed by atoms with E-state index < -0.39 is 12.0 Å². The Balaban J connectivity index is 1.99. The molecule has 0 aromatic heterocycles. The van der Waals surface area contributed by atoms with Crippen LogP contribution in [-0.2, 0) is 16.1 Å². The SMILES string of the molecule is CCN(CC1=C(C(=O)OC)C(c2ccc(OC)c(OC)c2)NC(=O)N1)Cc1ccccc1. The summed E-state index contributed by atoms with van der Waals surface area (Å²) >= 11 is 0. The molecule has 2 N–H and O–H groups in total. The summed E-state index contributed by atoms with van der Waals surface area (Å²) in [5.41, 5.74) is 2.69. The lowest BCUT2D eigenvalue weighted by molar-refractivity contribution is -0.136. The smallest absolute Gasteiger partial charge is 0.338 e. The van der Waals surface area contributed by atoms with Gasteiger partial charge in [-0.25, -0.2) is 9.59 Å². The molecule has 170 valence electrons. The summed E-state index contributed by atoms with van der Waals surface area (Å²) in [7, 11) is 4.41. The van der Waals surface area contributed by atoms with Gasteiger partial charge in [-0.3, -0.25) is 4.90 Å². The number of benzene rings is 2. The number of methoxy groups -OCH3 is 3. The van der Waals surface area contributed by atoms with Crippen molar-refractivity contribution in [3.05, 3.63) is 70.9 Å². The lowest BCUT2D eigenvalue weighted by atomic mass is 9.94. The molecule has 0 bridgehead atoms. The molecule has 0 saturated carbocycles. The van der Waals surface area contributed by atoms with Gasteiger partial charge in [-0.15, -0.1) is 0 Å². The molecule has 2 aromatic rings. The molecule has 1 atom stereocenters. The van der Waals surface area contributed by atoms with Crippen molar-refractivity contribution in [1.29, 1.82) is 0 Å². The van der Waals surface area contributed by atoms with Crippen molar-refractivity contribution in [2.45, 2.75) is 19.5 Å². The molecule has 0 fully saturated rings.